The molecule has 0 spiro atoms. The van der Waals surface area contributed by atoms with Crippen molar-refractivity contribution >= 4 is 5.97 Å². The largest absolute Gasteiger partial charge is 0.476 e. The van der Waals surface area contributed by atoms with Crippen molar-refractivity contribution < 1.29 is 9.90 Å². The van der Waals surface area contributed by atoms with Crippen LogP contribution in [0.2, 0.25) is 0 Å². The normalized spacial score (nSPS) is 10.4. The Morgan fingerprint density at radius 2 is 2.12 bits per heavy atom. The molecule has 0 aliphatic rings. The number of carbonyl (C=O) groups is 1. The minimum atomic E-state index is -1.01. The van der Waals surface area contributed by atoms with Crippen LogP contribution in [0.25, 0.3) is 11.3 Å². The summed E-state index contributed by atoms with van der Waals surface area (Å²) >= 11 is 0. The first kappa shape index (κ1) is 10.4. The van der Waals surface area contributed by atoms with Crippen LogP contribution in [0, 0.1) is 6.92 Å². The standard InChI is InChI=1S/C12H12N2O2/c1-8-4-3-5-9(6-8)11-7-10(12(15)16)13-14(11)2/h3-7H,1-2H3,(H,15,16). The van der Waals surface area contributed by atoms with E-state index in [2.05, 4.69) is 5.10 Å². The molecule has 1 heterocycles. The first-order valence-corrected chi connectivity index (χ1v) is 4.92. The maximum absolute atomic E-state index is 10.8. The molecule has 4 heteroatoms. The molecule has 82 valence electrons. The summed E-state index contributed by atoms with van der Waals surface area (Å²) < 4.78 is 1.58. The van der Waals surface area contributed by atoms with Crippen molar-refractivity contribution in [3.63, 3.8) is 0 Å². The van der Waals surface area contributed by atoms with Gasteiger partial charge in [0.2, 0.25) is 0 Å². The maximum Gasteiger partial charge on any atom is 0.356 e. The second-order valence-corrected chi connectivity index (χ2v) is 3.71. The lowest BCUT2D eigenvalue weighted by molar-refractivity contribution is 0.0689. The zero-order valence-electron chi connectivity index (χ0n) is 9.14. The summed E-state index contributed by atoms with van der Waals surface area (Å²) in [4.78, 5) is 10.8. The lowest BCUT2D eigenvalue weighted by Gasteiger charge is -2.02. The van der Waals surface area contributed by atoms with Crippen molar-refractivity contribution in [1.82, 2.24) is 9.78 Å². The van der Waals surface area contributed by atoms with E-state index >= 15 is 0 Å². The average Bonchev–Trinajstić information content (AvgIpc) is 2.60. The van der Waals surface area contributed by atoms with Gasteiger partial charge in [0.25, 0.3) is 0 Å². The molecule has 0 saturated heterocycles. The van der Waals surface area contributed by atoms with Crippen LogP contribution in [0.5, 0.6) is 0 Å². The van der Waals surface area contributed by atoms with Crippen LogP contribution in [0.3, 0.4) is 0 Å². The Balaban J connectivity index is 2.52. The molecule has 4 nitrogen and oxygen atoms in total. The number of rotatable bonds is 2. The van der Waals surface area contributed by atoms with Gasteiger partial charge in [-0.2, -0.15) is 5.10 Å². The van der Waals surface area contributed by atoms with Gasteiger partial charge in [0.1, 0.15) is 0 Å². The van der Waals surface area contributed by atoms with E-state index in [-0.39, 0.29) is 5.69 Å². The third kappa shape index (κ3) is 1.82. The molecule has 0 bridgehead atoms. The monoisotopic (exact) mass is 216 g/mol. The quantitative estimate of drug-likeness (QED) is 0.836. The topological polar surface area (TPSA) is 55.1 Å². The van der Waals surface area contributed by atoms with Crippen LogP contribution >= 0.6 is 0 Å². The van der Waals surface area contributed by atoms with Gasteiger partial charge >= 0.3 is 5.97 Å². The first-order valence-electron chi connectivity index (χ1n) is 4.92. The molecule has 2 rings (SSSR count). The third-order valence-corrected chi connectivity index (χ3v) is 2.41. The molecular formula is C12H12N2O2. The number of hydrogen-bond donors (Lipinski definition) is 1. The number of carboxylic acid groups (broad SMARTS) is 1. The minimum absolute atomic E-state index is 0.0685. The zero-order valence-corrected chi connectivity index (χ0v) is 9.14. The van der Waals surface area contributed by atoms with E-state index in [1.54, 1.807) is 17.8 Å². The highest BCUT2D eigenvalue weighted by molar-refractivity contribution is 5.87. The highest BCUT2D eigenvalue weighted by Crippen LogP contribution is 2.20. The first-order chi connectivity index (χ1) is 7.58. The number of aryl methyl sites for hydroxylation is 2. The van der Waals surface area contributed by atoms with Crippen LogP contribution in [-0.2, 0) is 7.05 Å². The van der Waals surface area contributed by atoms with Crippen LogP contribution in [0.4, 0.5) is 0 Å². The molecule has 0 aliphatic heterocycles. The highest BCUT2D eigenvalue weighted by atomic mass is 16.4. The van der Waals surface area contributed by atoms with Crippen LogP contribution < -0.4 is 0 Å². The Morgan fingerprint density at radius 3 is 2.69 bits per heavy atom. The molecule has 0 radical (unpaired) electrons. The van der Waals surface area contributed by atoms with Crippen LogP contribution in [0.1, 0.15) is 16.1 Å². The lowest BCUT2D eigenvalue weighted by Crippen LogP contribution is -1.99. The van der Waals surface area contributed by atoms with Gasteiger partial charge in [-0.1, -0.05) is 23.8 Å². The molecule has 2 aromatic rings. The Bertz CT molecular complexity index is 544. The zero-order chi connectivity index (χ0) is 11.7. The number of aromatic nitrogens is 2. The Morgan fingerprint density at radius 1 is 1.38 bits per heavy atom. The number of nitrogens with zero attached hydrogens (tertiary/aromatic N) is 2. The molecule has 1 N–H and O–H groups in total. The summed E-state index contributed by atoms with van der Waals surface area (Å²) in [7, 11) is 1.74. The number of benzene rings is 1. The van der Waals surface area contributed by atoms with Crippen molar-refractivity contribution in [2.75, 3.05) is 0 Å². The van der Waals surface area contributed by atoms with Gasteiger partial charge < -0.3 is 5.11 Å². The lowest BCUT2D eigenvalue weighted by atomic mass is 10.1. The molecule has 0 aliphatic carbocycles. The molecular weight excluding hydrogens is 204 g/mol. The summed E-state index contributed by atoms with van der Waals surface area (Å²) in [6.07, 6.45) is 0. The second kappa shape index (κ2) is 3.81. The van der Waals surface area contributed by atoms with Crippen LogP contribution in [-0.4, -0.2) is 20.9 Å². The van der Waals surface area contributed by atoms with Gasteiger partial charge in [0, 0.05) is 12.6 Å². The molecule has 0 fully saturated rings. The summed E-state index contributed by atoms with van der Waals surface area (Å²) in [5.74, 6) is -1.01. The number of carboxylic acids is 1. The molecule has 16 heavy (non-hydrogen) atoms. The number of hydrogen-bond acceptors (Lipinski definition) is 2. The van der Waals surface area contributed by atoms with Crippen molar-refractivity contribution in [2.24, 2.45) is 7.05 Å². The van der Waals surface area contributed by atoms with Gasteiger partial charge in [-0.05, 0) is 19.1 Å². The van der Waals surface area contributed by atoms with E-state index in [9.17, 15) is 4.79 Å². The molecule has 0 atom stereocenters. The number of aromatic carboxylic acids is 1. The molecule has 0 unspecified atom stereocenters. The summed E-state index contributed by atoms with van der Waals surface area (Å²) in [6.45, 7) is 2.00. The predicted octanol–water partition coefficient (Wildman–Crippen LogP) is 2.09. The molecule has 0 amide bonds. The minimum Gasteiger partial charge on any atom is -0.476 e. The van der Waals surface area contributed by atoms with E-state index in [0.717, 1.165) is 16.8 Å². The highest BCUT2D eigenvalue weighted by Gasteiger charge is 2.12. The van der Waals surface area contributed by atoms with E-state index in [1.807, 2.05) is 31.2 Å². The van der Waals surface area contributed by atoms with Gasteiger partial charge in [0.05, 0.1) is 5.69 Å². The van der Waals surface area contributed by atoms with Gasteiger partial charge in [0.15, 0.2) is 5.69 Å². The van der Waals surface area contributed by atoms with E-state index in [4.69, 9.17) is 5.11 Å². The second-order valence-electron chi connectivity index (χ2n) is 3.71. The van der Waals surface area contributed by atoms with E-state index in [0.29, 0.717) is 0 Å². The molecule has 1 aromatic heterocycles. The SMILES string of the molecule is Cc1cccc(-c2cc(C(=O)O)nn2C)c1. The summed E-state index contributed by atoms with van der Waals surface area (Å²) in [5.41, 5.74) is 2.98. The summed E-state index contributed by atoms with van der Waals surface area (Å²) in [5, 5.41) is 12.8. The van der Waals surface area contributed by atoms with Gasteiger partial charge in [-0.3, -0.25) is 4.68 Å². The van der Waals surface area contributed by atoms with Crippen molar-refractivity contribution in [1.29, 1.82) is 0 Å². The van der Waals surface area contributed by atoms with E-state index in [1.165, 1.54) is 0 Å². The van der Waals surface area contributed by atoms with E-state index < -0.39 is 5.97 Å². The van der Waals surface area contributed by atoms with Crippen molar-refractivity contribution in [3.05, 3.63) is 41.6 Å². The van der Waals surface area contributed by atoms with Crippen molar-refractivity contribution in [2.45, 2.75) is 6.92 Å². The maximum atomic E-state index is 10.8. The smallest absolute Gasteiger partial charge is 0.356 e. The van der Waals surface area contributed by atoms with Crippen LogP contribution in [0.15, 0.2) is 30.3 Å². The fourth-order valence-corrected chi connectivity index (χ4v) is 1.65. The van der Waals surface area contributed by atoms with Gasteiger partial charge in [-0.15, -0.1) is 0 Å². The fourth-order valence-electron chi connectivity index (χ4n) is 1.65. The Hall–Kier alpha value is -2.10. The average molecular weight is 216 g/mol. The molecule has 0 saturated carbocycles. The fraction of sp³-hybridized carbons (Fsp3) is 0.167. The predicted molar refractivity (Wildman–Crippen MR) is 60.3 cm³/mol. The molecule has 1 aromatic carbocycles. The Labute approximate surface area is 93.1 Å². The summed E-state index contributed by atoms with van der Waals surface area (Å²) in [6, 6.07) is 9.46. The Kier molecular flexibility index (Phi) is 2.48. The third-order valence-electron chi connectivity index (χ3n) is 2.41. The van der Waals surface area contributed by atoms with Gasteiger partial charge in [-0.25, -0.2) is 4.79 Å². The van der Waals surface area contributed by atoms with Crippen molar-refractivity contribution in [3.8, 4) is 11.3 Å².